The molecule has 0 aliphatic carbocycles. The van der Waals surface area contributed by atoms with Crippen molar-refractivity contribution in [1.29, 1.82) is 0 Å². The van der Waals surface area contributed by atoms with Crippen LogP contribution in [-0.2, 0) is 0 Å². The Morgan fingerprint density at radius 3 is 2.43 bits per heavy atom. The topological polar surface area (TPSA) is 69.4 Å². The van der Waals surface area contributed by atoms with Gasteiger partial charge in [-0.2, -0.15) is 0 Å². The molecule has 2 aromatic rings. The lowest BCUT2D eigenvalue weighted by Gasteiger charge is -2.09. The molecule has 0 aliphatic rings. The lowest BCUT2D eigenvalue weighted by molar-refractivity contribution is -0.385. The molecule has 0 unspecified atom stereocenters. The van der Waals surface area contributed by atoms with E-state index >= 15 is 0 Å². The third kappa shape index (κ3) is 4.03. The number of thiophene rings is 1. The summed E-state index contributed by atoms with van der Waals surface area (Å²) in [5.74, 6) is 0.112. The highest BCUT2D eigenvalue weighted by Crippen LogP contribution is 2.37. The van der Waals surface area contributed by atoms with Gasteiger partial charge in [-0.3, -0.25) is 14.9 Å². The van der Waals surface area contributed by atoms with Crippen molar-refractivity contribution in [3.8, 4) is 5.75 Å². The van der Waals surface area contributed by atoms with Gasteiger partial charge in [-0.25, -0.2) is 0 Å². The maximum absolute atomic E-state index is 11.9. The van der Waals surface area contributed by atoms with E-state index in [1.807, 2.05) is 0 Å². The number of carbonyl (C=O) groups is 1. The molecule has 0 bridgehead atoms. The molecule has 1 aromatic heterocycles. The Bertz CT molecular complexity index is 696. The van der Waals surface area contributed by atoms with Crippen molar-refractivity contribution in [2.75, 3.05) is 6.61 Å². The van der Waals surface area contributed by atoms with Crippen LogP contribution in [0.25, 0.3) is 0 Å². The smallest absolute Gasteiger partial charge is 0.271 e. The molecule has 0 saturated heterocycles. The Hall–Kier alpha value is -0.960. The maximum Gasteiger partial charge on any atom is 0.271 e. The van der Waals surface area contributed by atoms with Crippen LogP contribution in [0.3, 0.4) is 0 Å². The van der Waals surface area contributed by atoms with Crippen LogP contribution in [0.5, 0.6) is 5.75 Å². The van der Waals surface area contributed by atoms with Crippen LogP contribution in [0.15, 0.2) is 33.2 Å². The molecule has 0 atom stereocenters. The number of ether oxygens (including phenoxy) is 1. The number of hydrogen-bond acceptors (Lipinski definition) is 5. The lowest BCUT2D eigenvalue weighted by atomic mass is 10.3. The van der Waals surface area contributed by atoms with Crippen LogP contribution >= 0.6 is 54.8 Å². The molecule has 0 aliphatic heterocycles. The first-order valence-electron chi connectivity index (χ1n) is 5.43. The Kier molecular flexibility index (Phi) is 5.37. The molecule has 1 heterocycles. The van der Waals surface area contributed by atoms with E-state index < -0.39 is 4.92 Å². The average Bonchev–Trinajstić information content (AvgIpc) is 2.84. The standard InChI is InChI=1S/C12H6Br2ClNO4S/c13-7-3-6(16(18)19)4-8(14)12(7)20-5-9(17)10-1-2-11(15)21-10/h1-4H,5H2. The minimum Gasteiger partial charge on any atom is -0.483 e. The molecule has 0 N–H and O–H groups in total. The fourth-order valence-corrected chi connectivity index (χ4v) is 3.82. The predicted octanol–water partition coefficient (Wildman–Crippen LogP) is 5.10. The normalized spacial score (nSPS) is 10.4. The van der Waals surface area contributed by atoms with Gasteiger partial charge in [0.25, 0.3) is 5.69 Å². The summed E-state index contributed by atoms with van der Waals surface area (Å²) in [6.07, 6.45) is 0. The number of nitrogens with zero attached hydrogens (tertiary/aromatic N) is 1. The summed E-state index contributed by atoms with van der Waals surface area (Å²) in [4.78, 5) is 22.6. The molecule has 2 rings (SSSR count). The average molecular weight is 456 g/mol. The molecule has 0 amide bonds. The van der Waals surface area contributed by atoms with E-state index in [2.05, 4.69) is 31.9 Å². The first-order chi connectivity index (χ1) is 9.88. The highest BCUT2D eigenvalue weighted by atomic mass is 79.9. The zero-order valence-corrected chi connectivity index (χ0v) is 14.9. The zero-order valence-electron chi connectivity index (χ0n) is 10.1. The van der Waals surface area contributed by atoms with E-state index in [0.717, 1.165) is 0 Å². The lowest BCUT2D eigenvalue weighted by Crippen LogP contribution is -2.10. The van der Waals surface area contributed by atoms with Crippen molar-refractivity contribution in [1.82, 2.24) is 0 Å². The van der Waals surface area contributed by atoms with Gasteiger partial charge in [0.1, 0.15) is 5.75 Å². The van der Waals surface area contributed by atoms with Gasteiger partial charge in [0, 0.05) is 12.1 Å². The third-order valence-corrected chi connectivity index (χ3v) is 4.84. The maximum atomic E-state index is 11.9. The van der Waals surface area contributed by atoms with Gasteiger partial charge in [0.05, 0.1) is 23.1 Å². The van der Waals surface area contributed by atoms with Gasteiger partial charge >= 0.3 is 0 Å². The van der Waals surface area contributed by atoms with Crippen molar-refractivity contribution < 1.29 is 14.5 Å². The van der Waals surface area contributed by atoms with Crippen LogP contribution in [0.2, 0.25) is 4.34 Å². The highest BCUT2D eigenvalue weighted by Gasteiger charge is 2.17. The highest BCUT2D eigenvalue weighted by molar-refractivity contribution is 9.11. The summed E-state index contributed by atoms with van der Waals surface area (Å²) in [6, 6.07) is 5.88. The van der Waals surface area contributed by atoms with Gasteiger partial charge in [-0.15, -0.1) is 11.3 Å². The van der Waals surface area contributed by atoms with E-state index in [1.165, 1.54) is 23.5 Å². The molecule has 21 heavy (non-hydrogen) atoms. The number of non-ortho nitro benzene ring substituents is 1. The van der Waals surface area contributed by atoms with Gasteiger partial charge in [0.2, 0.25) is 5.78 Å². The third-order valence-electron chi connectivity index (χ3n) is 2.39. The van der Waals surface area contributed by atoms with Crippen molar-refractivity contribution in [3.05, 3.63) is 52.5 Å². The number of nitro groups is 1. The summed E-state index contributed by atoms with van der Waals surface area (Å²) in [5, 5.41) is 10.7. The zero-order chi connectivity index (χ0) is 15.6. The minimum absolute atomic E-state index is 0.0857. The number of carbonyl (C=O) groups excluding carboxylic acids is 1. The second-order valence-electron chi connectivity index (χ2n) is 3.81. The fraction of sp³-hybridized carbons (Fsp3) is 0.0833. The summed E-state index contributed by atoms with van der Waals surface area (Å²) >= 11 is 13.3. The van der Waals surface area contributed by atoms with Crippen molar-refractivity contribution in [3.63, 3.8) is 0 Å². The quantitative estimate of drug-likeness (QED) is 0.358. The molecule has 0 radical (unpaired) electrons. The van der Waals surface area contributed by atoms with Crippen LogP contribution in [0.4, 0.5) is 5.69 Å². The molecule has 110 valence electrons. The summed E-state index contributed by atoms with van der Waals surface area (Å²) in [6.45, 7) is -0.189. The number of benzene rings is 1. The Morgan fingerprint density at radius 1 is 1.33 bits per heavy atom. The molecule has 1 aromatic carbocycles. The molecule has 9 heteroatoms. The van der Waals surface area contributed by atoms with E-state index in [-0.39, 0.29) is 18.1 Å². The number of nitro benzene ring substituents is 1. The predicted molar refractivity (Wildman–Crippen MR) is 87.7 cm³/mol. The van der Waals surface area contributed by atoms with Crippen molar-refractivity contribution in [2.24, 2.45) is 0 Å². The first-order valence-corrected chi connectivity index (χ1v) is 8.21. The summed E-state index contributed by atoms with van der Waals surface area (Å²) < 4.78 is 6.73. The molecular formula is C12H6Br2ClNO4S. The van der Waals surface area contributed by atoms with Crippen molar-refractivity contribution >= 4 is 66.3 Å². The van der Waals surface area contributed by atoms with Crippen LogP contribution in [0, 0.1) is 10.1 Å². The van der Waals surface area contributed by atoms with Crippen molar-refractivity contribution in [2.45, 2.75) is 0 Å². The van der Waals surface area contributed by atoms with Crippen LogP contribution in [0.1, 0.15) is 9.67 Å². The Labute approximate surface area is 145 Å². The van der Waals surface area contributed by atoms with Gasteiger partial charge in [0.15, 0.2) is 6.61 Å². The molecule has 5 nitrogen and oxygen atoms in total. The minimum atomic E-state index is -0.516. The molecule has 0 spiro atoms. The second kappa shape index (κ2) is 6.87. The summed E-state index contributed by atoms with van der Waals surface area (Å²) in [7, 11) is 0. The number of rotatable bonds is 5. The monoisotopic (exact) mass is 453 g/mol. The van der Waals surface area contributed by atoms with E-state index in [0.29, 0.717) is 23.9 Å². The van der Waals surface area contributed by atoms with E-state index in [1.54, 1.807) is 12.1 Å². The van der Waals surface area contributed by atoms with E-state index in [4.69, 9.17) is 16.3 Å². The fourth-order valence-electron chi connectivity index (χ4n) is 1.46. The SMILES string of the molecule is O=C(COc1c(Br)cc([N+](=O)[O-])cc1Br)c1ccc(Cl)s1. The Balaban J connectivity index is 2.13. The number of ketones is 1. The van der Waals surface area contributed by atoms with E-state index in [9.17, 15) is 14.9 Å². The second-order valence-corrected chi connectivity index (χ2v) is 7.24. The Morgan fingerprint density at radius 2 is 1.95 bits per heavy atom. The molecule has 0 saturated carbocycles. The van der Waals surface area contributed by atoms with Crippen LogP contribution in [-0.4, -0.2) is 17.3 Å². The number of Topliss-reactive ketones (excluding diaryl/α,β-unsaturated/α-hetero) is 1. The molecular weight excluding hydrogens is 449 g/mol. The largest absolute Gasteiger partial charge is 0.483 e. The number of hydrogen-bond donors (Lipinski definition) is 0. The van der Waals surface area contributed by atoms with Gasteiger partial charge in [-0.1, -0.05) is 11.6 Å². The van der Waals surface area contributed by atoms with Gasteiger partial charge in [-0.05, 0) is 44.0 Å². The summed E-state index contributed by atoms with van der Waals surface area (Å²) in [5.41, 5.74) is -0.0857. The van der Waals surface area contributed by atoms with Gasteiger partial charge < -0.3 is 4.74 Å². The number of halogens is 3. The first kappa shape index (κ1) is 16.4. The van der Waals surface area contributed by atoms with Crippen LogP contribution < -0.4 is 4.74 Å². The molecule has 0 fully saturated rings.